The molecule has 21 nitrogen and oxygen atoms in total. The summed E-state index contributed by atoms with van der Waals surface area (Å²) >= 11 is 0. The van der Waals surface area contributed by atoms with Gasteiger partial charge in [0, 0.05) is 13.0 Å². The van der Waals surface area contributed by atoms with Gasteiger partial charge in [-0.3, -0.25) is 9.59 Å². The third-order valence-electron chi connectivity index (χ3n) is 9.36. The van der Waals surface area contributed by atoms with Crippen LogP contribution < -0.4 is 30.8 Å². The molecule has 0 radical (unpaired) electrons. The summed E-state index contributed by atoms with van der Waals surface area (Å²) < 4.78 is 8.01. The maximum atomic E-state index is 12.7. The van der Waals surface area contributed by atoms with Gasteiger partial charge in [-0.1, -0.05) is 0 Å². The lowest BCUT2D eigenvalue weighted by atomic mass is 10.1. The van der Waals surface area contributed by atoms with Crippen molar-refractivity contribution in [2.75, 3.05) is 13.1 Å². The van der Waals surface area contributed by atoms with E-state index < -0.39 is 60.4 Å². The topological polar surface area (TPSA) is 300 Å². The highest BCUT2D eigenvalue weighted by Crippen LogP contribution is 2.42. The van der Waals surface area contributed by atoms with Crippen molar-refractivity contribution in [3.05, 3.63) is 36.4 Å². The number of rotatable bonds is 22. The van der Waals surface area contributed by atoms with Gasteiger partial charge in [-0.05, 0) is 44.9 Å². The van der Waals surface area contributed by atoms with Crippen molar-refractivity contribution < 1.29 is 72.7 Å². The number of hydrogen-bond donors (Lipinski definition) is 9. The number of nitrogens with one attached hydrogen (secondary N) is 3. The lowest BCUT2D eigenvalue weighted by molar-refractivity contribution is -0.982. The van der Waals surface area contributed by atoms with Gasteiger partial charge < -0.3 is 47.2 Å². The Morgan fingerprint density at radius 2 is 1.27 bits per heavy atom. The van der Waals surface area contributed by atoms with Crippen LogP contribution in [0.15, 0.2) is 24.8 Å². The molecule has 0 fully saturated rings. The number of urea groups is 1. The average molecular weight is 737 g/mol. The Balaban J connectivity index is 1.21. The summed E-state index contributed by atoms with van der Waals surface area (Å²) in [5.74, 6) is -4.66. The SMILES string of the molecule is NC(CCCC[N+]12Cc3n(cc[n+]3CC(=O)O)C1n1cc[n+](CC(=O)O)c1C2)C(=O)NCCCCC(NC(=O)NC(CCC(=O)O)C(=O)O)C(=O)O. The van der Waals surface area contributed by atoms with E-state index in [0.29, 0.717) is 56.2 Å². The maximum Gasteiger partial charge on any atom is 0.380 e. The van der Waals surface area contributed by atoms with Crippen molar-refractivity contribution in [1.82, 2.24) is 25.1 Å². The Hall–Kier alpha value is -5.57. The normalized spacial score (nSPS) is 18.7. The molecular weight excluding hydrogens is 690 g/mol. The Morgan fingerprint density at radius 3 is 1.77 bits per heavy atom. The molecule has 21 heteroatoms. The second-order valence-electron chi connectivity index (χ2n) is 13.1. The molecule has 52 heavy (non-hydrogen) atoms. The second kappa shape index (κ2) is 17.1. The summed E-state index contributed by atoms with van der Waals surface area (Å²) in [6.07, 6.45) is 8.39. The predicted octanol–water partition coefficient (Wildman–Crippen LogP) is -2.26. The van der Waals surface area contributed by atoms with E-state index in [9.17, 15) is 54.0 Å². The number of amides is 3. The van der Waals surface area contributed by atoms with Gasteiger partial charge in [0.05, 0.1) is 12.6 Å². The summed E-state index contributed by atoms with van der Waals surface area (Å²) in [5.41, 5.74) is 6.16. The van der Waals surface area contributed by atoms with E-state index in [1.54, 1.807) is 21.5 Å². The van der Waals surface area contributed by atoms with E-state index in [1.165, 1.54) is 0 Å². The summed E-state index contributed by atoms with van der Waals surface area (Å²) in [5, 5.41) is 53.2. The third kappa shape index (κ3) is 9.60. The number of imidazole rings is 2. The molecule has 0 spiro atoms. The first-order valence-corrected chi connectivity index (χ1v) is 16.9. The monoisotopic (exact) mass is 736 g/mol. The van der Waals surface area contributed by atoms with Crippen LogP contribution in [0.25, 0.3) is 0 Å². The largest absolute Gasteiger partial charge is 0.481 e. The van der Waals surface area contributed by atoms with Crippen molar-refractivity contribution in [3.8, 4) is 0 Å². The van der Waals surface area contributed by atoms with E-state index in [-0.39, 0.29) is 44.7 Å². The molecule has 0 aliphatic carbocycles. The number of unbranched alkanes of at least 4 members (excludes halogenated alkanes) is 2. The van der Waals surface area contributed by atoms with Crippen molar-refractivity contribution in [1.29, 1.82) is 0 Å². The predicted molar refractivity (Wildman–Crippen MR) is 172 cm³/mol. The number of carboxylic acids is 5. The minimum absolute atomic E-state index is 0.0145. The lowest BCUT2D eigenvalue weighted by Gasteiger charge is -2.28. The van der Waals surface area contributed by atoms with E-state index in [0.717, 1.165) is 11.6 Å². The van der Waals surface area contributed by atoms with Crippen molar-refractivity contribution in [2.45, 2.75) is 102 Å². The lowest BCUT2D eigenvalue weighted by Crippen LogP contribution is -2.51. The second-order valence-corrected chi connectivity index (χ2v) is 13.1. The number of carboxylic acid groups (broad SMARTS) is 5. The minimum Gasteiger partial charge on any atom is -0.481 e. The molecule has 4 rings (SSSR count). The van der Waals surface area contributed by atoms with Crippen LogP contribution in [0.5, 0.6) is 0 Å². The number of aliphatic carboxylic acids is 5. The van der Waals surface area contributed by atoms with Gasteiger partial charge in [-0.15, -0.1) is 9.13 Å². The molecular formula is C31H46N9O12+3. The first kappa shape index (κ1) is 39.2. The van der Waals surface area contributed by atoms with Crippen molar-refractivity contribution in [2.24, 2.45) is 5.73 Å². The number of nitrogens with two attached hydrogens (primary N) is 1. The number of carbonyl (C=O) groups excluding carboxylic acids is 2. The van der Waals surface area contributed by atoms with Gasteiger partial charge in [0.15, 0.2) is 26.2 Å². The van der Waals surface area contributed by atoms with Crippen LogP contribution >= 0.6 is 0 Å². The molecule has 3 atom stereocenters. The standard InChI is InChI=1S/C31H43N9O12/c32-19(27(47)33-9-3-1-6-20(28(48)49)34-30(52)35-21(29(50)51)7-8-24(41)42)5-2-4-14-40-17-22-36(15-25(43)44)10-12-38(22)31(40)39-13-11-37(16-26(45)46)23(39)18-40/h10-13,19-21,31H,1-9,14-18,32H2,(H5-3,33,34,35,41,42,43,44,45,46,47,48,49,50,51,52)/p+3. The molecule has 10 N–H and O–H groups in total. The Labute approximate surface area is 296 Å². The van der Waals surface area contributed by atoms with Gasteiger partial charge in [-0.2, -0.15) is 0 Å². The van der Waals surface area contributed by atoms with Gasteiger partial charge in [0.2, 0.25) is 5.91 Å². The van der Waals surface area contributed by atoms with Crippen LogP contribution in [0.2, 0.25) is 0 Å². The molecule has 2 aromatic rings. The molecule has 3 unspecified atom stereocenters. The molecule has 0 saturated heterocycles. The first-order chi connectivity index (χ1) is 24.6. The van der Waals surface area contributed by atoms with Gasteiger partial charge in [0.25, 0.3) is 0 Å². The van der Waals surface area contributed by atoms with Crippen LogP contribution in [-0.4, -0.2) is 112 Å². The van der Waals surface area contributed by atoms with Crippen LogP contribution in [-0.2, 0) is 54.9 Å². The molecule has 0 aromatic carbocycles. The highest BCUT2D eigenvalue weighted by atomic mass is 16.4. The number of fused-ring (bicyclic) bond motifs is 5. The summed E-state index contributed by atoms with van der Waals surface area (Å²) in [6.45, 7) is 1.56. The highest BCUT2D eigenvalue weighted by molar-refractivity contribution is 5.86. The Morgan fingerprint density at radius 1 is 0.750 bits per heavy atom. The third-order valence-corrected chi connectivity index (χ3v) is 9.36. The number of carbonyl (C=O) groups is 7. The average Bonchev–Trinajstić information content (AvgIpc) is 3.78. The molecule has 3 amide bonds. The number of nitrogens with zero attached hydrogens (tertiary/aromatic N) is 5. The van der Waals surface area contributed by atoms with Crippen LogP contribution in [0, 0.1) is 0 Å². The molecule has 0 saturated carbocycles. The summed E-state index contributed by atoms with van der Waals surface area (Å²) in [4.78, 5) is 81.4. The van der Waals surface area contributed by atoms with E-state index in [4.69, 9.17) is 10.8 Å². The van der Waals surface area contributed by atoms with Crippen LogP contribution in [0.1, 0.15) is 69.3 Å². The smallest absolute Gasteiger partial charge is 0.380 e. The minimum atomic E-state index is -1.51. The highest BCUT2D eigenvalue weighted by Gasteiger charge is 2.62. The number of aromatic nitrogens is 4. The maximum absolute atomic E-state index is 12.7. The Bertz CT molecular complexity index is 1620. The number of quaternary nitrogens is 1. The van der Waals surface area contributed by atoms with Crippen LogP contribution in [0.4, 0.5) is 4.79 Å². The number of hydrogen-bond acceptors (Lipinski definition) is 8. The van der Waals surface area contributed by atoms with Crippen molar-refractivity contribution >= 4 is 41.8 Å². The van der Waals surface area contributed by atoms with E-state index in [2.05, 4.69) is 16.0 Å². The zero-order valence-corrected chi connectivity index (χ0v) is 28.4. The fourth-order valence-electron chi connectivity index (χ4n) is 6.89. The first-order valence-electron chi connectivity index (χ1n) is 16.9. The molecule has 284 valence electrons. The molecule has 2 aliphatic rings. The fraction of sp³-hybridized carbons (Fsp3) is 0.581. The van der Waals surface area contributed by atoms with Gasteiger partial charge in [-0.25, -0.2) is 37.6 Å². The zero-order chi connectivity index (χ0) is 38.2. The van der Waals surface area contributed by atoms with Crippen LogP contribution in [0.3, 0.4) is 0 Å². The molecule has 4 heterocycles. The Kier molecular flexibility index (Phi) is 12.9. The van der Waals surface area contributed by atoms with Gasteiger partial charge >= 0.3 is 53.8 Å². The van der Waals surface area contributed by atoms with Gasteiger partial charge in [0.1, 0.15) is 36.9 Å². The zero-order valence-electron chi connectivity index (χ0n) is 28.4. The summed E-state index contributed by atoms with van der Waals surface area (Å²) in [7, 11) is 0. The van der Waals surface area contributed by atoms with E-state index in [1.807, 2.05) is 21.5 Å². The molecule has 0 bridgehead atoms. The van der Waals surface area contributed by atoms with Crippen molar-refractivity contribution in [3.63, 3.8) is 0 Å². The molecule has 2 aliphatic heterocycles. The summed E-state index contributed by atoms with van der Waals surface area (Å²) in [6, 6.07) is -4.72. The fourth-order valence-corrected chi connectivity index (χ4v) is 6.89. The van der Waals surface area contributed by atoms with E-state index >= 15 is 0 Å². The quantitative estimate of drug-likeness (QED) is 0.0351. The molecule has 2 aromatic heterocycles.